The van der Waals surface area contributed by atoms with E-state index in [2.05, 4.69) is 29.3 Å². The fourth-order valence-electron chi connectivity index (χ4n) is 3.78. The number of benzene rings is 1. The number of rotatable bonds is 4. The third kappa shape index (κ3) is 2.96. The molecule has 1 aromatic carbocycles. The molecule has 4 nitrogen and oxygen atoms in total. The van der Waals surface area contributed by atoms with E-state index in [1.165, 1.54) is 37.8 Å². The van der Waals surface area contributed by atoms with Crippen LogP contribution >= 0.6 is 0 Å². The standard InChI is InChI=1S/C18H28N2O2/c1-13-11-19-15-9-17(21-2)18(22-3)10-16(15)20(13)12-14-7-5-4-6-8-14/h9-10,13-14,19H,4-8,11-12H2,1-3H3. The maximum Gasteiger partial charge on any atom is 0.162 e. The van der Waals surface area contributed by atoms with Gasteiger partial charge in [-0.15, -0.1) is 0 Å². The normalized spacial score (nSPS) is 22.0. The molecule has 1 atom stereocenters. The van der Waals surface area contributed by atoms with Crippen molar-refractivity contribution in [2.45, 2.75) is 45.1 Å². The molecule has 2 aliphatic rings. The van der Waals surface area contributed by atoms with Gasteiger partial charge < -0.3 is 19.7 Å². The SMILES string of the molecule is COc1cc2c(cc1OC)N(CC1CCCCC1)C(C)CN2. The first kappa shape index (κ1) is 15.3. The van der Waals surface area contributed by atoms with Gasteiger partial charge in [-0.3, -0.25) is 0 Å². The minimum absolute atomic E-state index is 0.507. The number of anilines is 2. The highest BCUT2D eigenvalue weighted by atomic mass is 16.5. The number of methoxy groups -OCH3 is 2. The Labute approximate surface area is 133 Å². The first-order valence-electron chi connectivity index (χ1n) is 8.49. The van der Waals surface area contributed by atoms with Crippen LogP contribution in [0.2, 0.25) is 0 Å². The van der Waals surface area contributed by atoms with Gasteiger partial charge in [-0.2, -0.15) is 0 Å². The molecule has 0 aromatic heterocycles. The molecule has 1 saturated carbocycles. The van der Waals surface area contributed by atoms with Gasteiger partial charge in [0, 0.05) is 31.3 Å². The van der Waals surface area contributed by atoms with E-state index < -0.39 is 0 Å². The molecule has 1 unspecified atom stereocenters. The zero-order chi connectivity index (χ0) is 15.5. The summed E-state index contributed by atoms with van der Waals surface area (Å²) >= 11 is 0. The molecule has 0 spiro atoms. The lowest BCUT2D eigenvalue weighted by molar-refractivity contribution is 0.347. The van der Waals surface area contributed by atoms with Crippen LogP contribution < -0.4 is 19.7 Å². The lowest BCUT2D eigenvalue weighted by Gasteiger charge is -2.40. The number of nitrogens with one attached hydrogen (secondary N) is 1. The highest BCUT2D eigenvalue weighted by molar-refractivity contribution is 5.77. The maximum atomic E-state index is 5.50. The Bertz CT molecular complexity index is 512. The number of nitrogens with zero attached hydrogens (tertiary/aromatic N) is 1. The summed E-state index contributed by atoms with van der Waals surface area (Å²) in [5.41, 5.74) is 2.41. The van der Waals surface area contributed by atoms with E-state index in [1.54, 1.807) is 14.2 Å². The zero-order valence-corrected chi connectivity index (χ0v) is 14.0. The highest BCUT2D eigenvalue weighted by Crippen LogP contribution is 2.41. The van der Waals surface area contributed by atoms with Crippen LogP contribution in [-0.2, 0) is 0 Å². The average molecular weight is 304 g/mol. The quantitative estimate of drug-likeness (QED) is 0.914. The number of hydrogen-bond acceptors (Lipinski definition) is 4. The molecule has 4 heteroatoms. The summed E-state index contributed by atoms with van der Waals surface area (Å²) in [4.78, 5) is 2.56. The van der Waals surface area contributed by atoms with E-state index in [1.807, 2.05) is 0 Å². The Balaban J connectivity index is 1.88. The van der Waals surface area contributed by atoms with E-state index in [4.69, 9.17) is 9.47 Å². The smallest absolute Gasteiger partial charge is 0.162 e. The lowest BCUT2D eigenvalue weighted by Crippen LogP contribution is -2.44. The van der Waals surface area contributed by atoms with Crippen LogP contribution in [0.1, 0.15) is 39.0 Å². The van der Waals surface area contributed by atoms with Crippen molar-refractivity contribution in [3.63, 3.8) is 0 Å². The average Bonchev–Trinajstić information content (AvgIpc) is 2.57. The minimum Gasteiger partial charge on any atom is -0.493 e. The molecule has 22 heavy (non-hydrogen) atoms. The third-order valence-corrected chi connectivity index (χ3v) is 5.11. The monoisotopic (exact) mass is 304 g/mol. The van der Waals surface area contributed by atoms with Crippen molar-refractivity contribution in [3.8, 4) is 11.5 Å². The molecule has 3 rings (SSSR count). The highest BCUT2D eigenvalue weighted by Gasteiger charge is 2.27. The second kappa shape index (κ2) is 6.67. The molecule has 0 radical (unpaired) electrons. The second-order valence-electron chi connectivity index (χ2n) is 6.61. The van der Waals surface area contributed by atoms with Crippen molar-refractivity contribution in [2.75, 3.05) is 37.5 Å². The van der Waals surface area contributed by atoms with Gasteiger partial charge in [0.2, 0.25) is 0 Å². The molecule has 1 N–H and O–H groups in total. The van der Waals surface area contributed by atoms with Crippen molar-refractivity contribution >= 4 is 11.4 Å². The van der Waals surface area contributed by atoms with Gasteiger partial charge in [0.1, 0.15) is 0 Å². The molecular weight excluding hydrogens is 276 g/mol. The molecule has 1 aliphatic heterocycles. The third-order valence-electron chi connectivity index (χ3n) is 5.11. The largest absolute Gasteiger partial charge is 0.493 e. The van der Waals surface area contributed by atoms with E-state index in [-0.39, 0.29) is 0 Å². The predicted molar refractivity (Wildman–Crippen MR) is 91.4 cm³/mol. The molecular formula is C18H28N2O2. The zero-order valence-electron chi connectivity index (χ0n) is 14.0. The fourth-order valence-corrected chi connectivity index (χ4v) is 3.78. The van der Waals surface area contributed by atoms with Gasteiger partial charge in [-0.05, 0) is 25.7 Å². The van der Waals surface area contributed by atoms with Crippen LogP contribution in [0.4, 0.5) is 11.4 Å². The predicted octanol–water partition coefficient (Wildman–Crippen LogP) is 3.90. The molecule has 0 saturated heterocycles. The first-order valence-corrected chi connectivity index (χ1v) is 8.49. The summed E-state index contributed by atoms with van der Waals surface area (Å²) in [5, 5.41) is 3.53. The summed E-state index contributed by atoms with van der Waals surface area (Å²) in [7, 11) is 3.39. The summed E-state index contributed by atoms with van der Waals surface area (Å²) in [6.45, 7) is 4.44. The van der Waals surface area contributed by atoms with Crippen molar-refractivity contribution in [1.29, 1.82) is 0 Å². The minimum atomic E-state index is 0.507. The number of fused-ring (bicyclic) bond motifs is 1. The van der Waals surface area contributed by atoms with Crippen LogP contribution in [-0.4, -0.2) is 33.4 Å². The van der Waals surface area contributed by atoms with Crippen molar-refractivity contribution in [2.24, 2.45) is 5.92 Å². The Morgan fingerprint density at radius 2 is 1.77 bits per heavy atom. The number of hydrogen-bond donors (Lipinski definition) is 1. The van der Waals surface area contributed by atoms with E-state index >= 15 is 0 Å². The topological polar surface area (TPSA) is 33.7 Å². The van der Waals surface area contributed by atoms with Gasteiger partial charge in [0.05, 0.1) is 25.6 Å². The van der Waals surface area contributed by atoms with Crippen molar-refractivity contribution in [1.82, 2.24) is 0 Å². The Morgan fingerprint density at radius 1 is 1.09 bits per heavy atom. The summed E-state index contributed by atoms with van der Waals surface area (Å²) < 4.78 is 10.9. The maximum absolute atomic E-state index is 5.50. The Kier molecular flexibility index (Phi) is 4.65. The van der Waals surface area contributed by atoms with Crippen LogP contribution in [0.5, 0.6) is 11.5 Å². The first-order chi connectivity index (χ1) is 10.7. The van der Waals surface area contributed by atoms with Gasteiger partial charge >= 0.3 is 0 Å². The number of ether oxygens (including phenoxy) is 2. The molecule has 0 amide bonds. The van der Waals surface area contributed by atoms with Crippen LogP contribution in [0.3, 0.4) is 0 Å². The summed E-state index contributed by atoms with van der Waals surface area (Å²) in [5.74, 6) is 2.43. The molecule has 1 aromatic rings. The molecule has 1 fully saturated rings. The Morgan fingerprint density at radius 3 is 2.45 bits per heavy atom. The van der Waals surface area contributed by atoms with Gasteiger partial charge in [0.15, 0.2) is 11.5 Å². The van der Waals surface area contributed by atoms with E-state index in [0.29, 0.717) is 6.04 Å². The molecule has 0 bridgehead atoms. The van der Waals surface area contributed by atoms with Gasteiger partial charge in [-0.1, -0.05) is 19.3 Å². The fraction of sp³-hybridized carbons (Fsp3) is 0.667. The Hall–Kier alpha value is -1.58. The molecule has 1 aliphatic carbocycles. The summed E-state index contributed by atoms with van der Waals surface area (Å²) in [6, 6.07) is 4.70. The lowest BCUT2D eigenvalue weighted by atomic mass is 9.88. The van der Waals surface area contributed by atoms with E-state index in [0.717, 1.165) is 36.2 Å². The summed E-state index contributed by atoms with van der Waals surface area (Å²) in [6.07, 6.45) is 6.95. The van der Waals surface area contributed by atoms with E-state index in [9.17, 15) is 0 Å². The van der Waals surface area contributed by atoms with Crippen LogP contribution in [0.15, 0.2) is 12.1 Å². The van der Waals surface area contributed by atoms with Gasteiger partial charge in [0.25, 0.3) is 0 Å². The van der Waals surface area contributed by atoms with Crippen LogP contribution in [0, 0.1) is 5.92 Å². The molecule has 122 valence electrons. The van der Waals surface area contributed by atoms with Crippen LogP contribution in [0.25, 0.3) is 0 Å². The van der Waals surface area contributed by atoms with Crippen molar-refractivity contribution in [3.05, 3.63) is 12.1 Å². The molecule has 1 heterocycles. The second-order valence-corrected chi connectivity index (χ2v) is 6.61. The van der Waals surface area contributed by atoms with Gasteiger partial charge in [-0.25, -0.2) is 0 Å². The van der Waals surface area contributed by atoms with Crippen molar-refractivity contribution < 1.29 is 9.47 Å².